The van der Waals surface area contributed by atoms with Gasteiger partial charge in [0.2, 0.25) is 0 Å². The van der Waals surface area contributed by atoms with Crippen LogP contribution in [-0.2, 0) is 4.74 Å². The zero-order valence-corrected chi connectivity index (χ0v) is 16.8. The second-order valence-electron chi connectivity index (χ2n) is 6.77. The number of anilines is 1. The van der Waals surface area contributed by atoms with E-state index in [2.05, 4.69) is 25.1 Å². The normalized spacial score (nSPS) is 14.4. The largest absolute Gasteiger partial charge is 0.493 e. The number of hydrogen-bond acceptors (Lipinski definition) is 7. The van der Waals surface area contributed by atoms with Crippen LogP contribution in [0.25, 0.3) is 32.7 Å². The predicted molar refractivity (Wildman–Crippen MR) is 110 cm³/mol. The second-order valence-corrected chi connectivity index (χ2v) is 7.78. The van der Waals surface area contributed by atoms with Crippen molar-refractivity contribution in [2.45, 2.75) is 0 Å². The summed E-state index contributed by atoms with van der Waals surface area (Å²) in [5.41, 5.74) is 1.97. The van der Waals surface area contributed by atoms with Gasteiger partial charge in [-0.1, -0.05) is 11.3 Å². The Labute approximate surface area is 174 Å². The predicted octanol–water partition coefficient (Wildman–Crippen LogP) is 3.87. The number of thiazole rings is 1. The molecule has 0 amide bonds. The lowest BCUT2D eigenvalue weighted by Gasteiger charge is -2.25. The summed E-state index contributed by atoms with van der Waals surface area (Å²) in [6.07, 6.45) is 3.52. The number of H-pyrrole nitrogens is 1. The molecule has 1 N–H and O–H groups in total. The molecule has 0 unspecified atom stereocenters. The molecule has 7 nitrogen and oxygen atoms in total. The van der Waals surface area contributed by atoms with Crippen LogP contribution in [0.4, 0.5) is 13.9 Å². The van der Waals surface area contributed by atoms with Crippen molar-refractivity contribution in [3.63, 3.8) is 0 Å². The molecular formula is C20H17F2N5O2S. The highest BCUT2D eigenvalue weighted by atomic mass is 32.1. The summed E-state index contributed by atoms with van der Waals surface area (Å²) in [5, 5.41) is 8.57. The number of methoxy groups -OCH3 is 1. The summed E-state index contributed by atoms with van der Waals surface area (Å²) in [4.78, 5) is 12.1. The first-order valence-corrected chi connectivity index (χ1v) is 10.1. The van der Waals surface area contributed by atoms with Gasteiger partial charge in [0.05, 0.1) is 30.9 Å². The molecule has 10 heteroatoms. The zero-order chi connectivity index (χ0) is 20.7. The maximum absolute atomic E-state index is 14.2. The van der Waals surface area contributed by atoms with Crippen molar-refractivity contribution < 1.29 is 18.3 Å². The monoisotopic (exact) mass is 429 g/mol. The number of hydrogen-bond donors (Lipinski definition) is 1. The van der Waals surface area contributed by atoms with Crippen LogP contribution in [0.3, 0.4) is 0 Å². The van der Waals surface area contributed by atoms with Crippen molar-refractivity contribution in [1.29, 1.82) is 0 Å². The third-order valence-electron chi connectivity index (χ3n) is 4.95. The van der Waals surface area contributed by atoms with Crippen molar-refractivity contribution in [3.05, 3.63) is 42.2 Å². The van der Waals surface area contributed by atoms with Crippen LogP contribution in [0, 0.1) is 11.6 Å². The highest BCUT2D eigenvalue weighted by molar-refractivity contribution is 7.18. The number of pyridine rings is 1. The molecule has 5 rings (SSSR count). The van der Waals surface area contributed by atoms with E-state index in [0.717, 1.165) is 34.7 Å². The number of fused-ring (bicyclic) bond motifs is 1. The molecule has 0 saturated carbocycles. The van der Waals surface area contributed by atoms with E-state index < -0.39 is 11.6 Å². The summed E-state index contributed by atoms with van der Waals surface area (Å²) >= 11 is 1.56. The average Bonchev–Trinajstić information content (AvgIpc) is 3.41. The van der Waals surface area contributed by atoms with Crippen LogP contribution in [0.2, 0.25) is 0 Å². The summed E-state index contributed by atoms with van der Waals surface area (Å²) in [6.45, 7) is 2.99. The van der Waals surface area contributed by atoms with Gasteiger partial charge >= 0.3 is 0 Å². The number of aromatic amines is 1. The van der Waals surface area contributed by atoms with Crippen LogP contribution >= 0.6 is 11.3 Å². The molecule has 4 heterocycles. The van der Waals surface area contributed by atoms with Crippen LogP contribution in [0.15, 0.2) is 30.6 Å². The zero-order valence-electron chi connectivity index (χ0n) is 16.0. The third kappa shape index (κ3) is 3.27. The molecule has 0 radical (unpaired) electrons. The fourth-order valence-corrected chi connectivity index (χ4v) is 4.44. The van der Waals surface area contributed by atoms with E-state index in [1.54, 1.807) is 23.7 Å². The Morgan fingerprint density at radius 1 is 1.13 bits per heavy atom. The lowest BCUT2D eigenvalue weighted by molar-refractivity contribution is 0.122. The number of nitrogens with zero attached hydrogens (tertiary/aromatic N) is 4. The van der Waals surface area contributed by atoms with E-state index in [1.807, 2.05) is 6.07 Å². The Kier molecular flexibility index (Phi) is 4.80. The summed E-state index contributed by atoms with van der Waals surface area (Å²) in [7, 11) is 1.34. The molecule has 0 aliphatic carbocycles. The second kappa shape index (κ2) is 7.62. The summed E-state index contributed by atoms with van der Waals surface area (Å²) in [5.74, 6) is -1.54. The van der Waals surface area contributed by atoms with Crippen molar-refractivity contribution in [3.8, 4) is 27.4 Å². The van der Waals surface area contributed by atoms with Crippen LogP contribution in [0.5, 0.6) is 5.75 Å². The Morgan fingerprint density at radius 2 is 1.97 bits per heavy atom. The number of ether oxygens (including phenoxy) is 2. The Balaban J connectivity index is 1.57. The molecule has 0 bridgehead atoms. The minimum atomic E-state index is -0.781. The number of halogens is 2. The van der Waals surface area contributed by atoms with Gasteiger partial charge in [-0.2, -0.15) is 5.10 Å². The molecule has 1 aromatic carbocycles. The van der Waals surface area contributed by atoms with Gasteiger partial charge in [-0.15, -0.1) is 0 Å². The van der Waals surface area contributed by atoms with E-state index in [4.69, 9.17) is 9.47 Å². The van der Waals surface area contributed by atoms with E-state index in [-0.39, 0.29) is 11.3 Å². The maximum Gasteiger partial charge on any atom is 0.186 e. The topological polar surface area (TPSA) is 76.2 Å². The maximum atomic E-state index is 14.2. The molecule has 1 saturated heterocycles. The van der Waals surface area contributed by atoms with Crippen molar-refractivity contribution in [1.82, 2.24) is 20.2 Å². The van der Waals surface area contributed by atoms with Crippen LogP contribution in [-0.4, -0.2) is 53.6 Å². The lowest BCUT2D eigenvalue weighted by Crippen LogP contribution is -2.36. The van der Waals surface area contributed by atoms with Crippen molar-refractivity contribution >= 4 is 27.5 Å². The average molecular weight is 429 g/mol. The SMILES string of the molecule is COc1c(F)cc(F)cc1-c1[nH]nc2ncc(-c3cnc(N4CCOCC4)s3)cc12. The van der Waals surface area contributed by atoms with E-state index >= 15 is 0 Å². The first-order chi connectivity index (χ1) is 14.6. The Hall–Kier alpha value is -3.11. The number of benzene rings is 1. The van der Waals surface area contributed by atoms with E-state index in [9.17, 15) is 8.78 Å². The van der Waals surface area contributed by atoms with Gasteiger partial charge in [0.1, 0.15) is 5.82 Å². The quantitative estimate of drug-likeness (QED) is 0.531. The standard InChI is InChI=1S/C20H17F2N5O2S/c1-28-18-13(7-12(21)8-15(18)22)17-14-6-11(9-23-19(14)26-25-17)16-10-24-20(30-16)27-2-4-29-5-3-27/h6-10H,2-5H2,1H3,(H,23,25,26). The van der Waals surface area contributed by atoms with E-state index in [1.165, 1.54) is 13.2 Å². The van der Waals surface area contributed by atoms with Crippen molar-refractivity contribution in [2.24, 2.45) is 0 Å². The molecule has 30 heavy (non-hydrogen) atoms. The molecule has 0 atom stereocenters. The van der Waals surface area contributed by atoms with Gasteiger partial charge in [-0.3, -0.25) is 5.10 Å². The number of aromatic nitrogens is 4. The molecule has 1 fully saturated rings. The Morgan fingerprint density at radius 3 is 2.77 bits per heavy atom. The smallest absolute Gasteiger partial charge is 0.186 e. The number of morpholine rings is 1. The minimum absolute atomic E-state index is 0.0558. The summed E-state index contributed by atoms with van der Waals surface area (Å²) < 4.78 is 38.6. The van der Waals surface area contributed by atoms with E-state index in [0.29, 0.717) is 29.9 Å². The van der Waals surface area contributed by atoms with Crippen LogP contribution < -0.4 is 9.64 Å². The van der Waals surface area contributed by atoms with Gasteiger partial charge in [-0.05, 0) is 12.1 Å². The molecule has 0 spiro atoms. The van der Waals surface area contributed by atoms with Gasteiger partial charge in [0, 0.05) is 48.1 Å². The number of nitrogens with one attached hydrogen (secondary N) is 1. The van der Waals surface area contributed by atoms with Crippen LogP contribution in [0.1, 0.15) is 0 Å². The van der Waals surface area contributed by atoms with Gasteiger partial charge in [0.15, 0.2) is 22.3 Å². The number of rotatable bonds is 4. The first-order valence-electron chi connectivity index (χ1n) is 9.30. The van der Waals surface area contributed by atoms with Gasteiger partial charge < -0.3 is 14.4 Å². The molecule has 1 aliphatic rings. The highest BCUT2D eigenvalue weighted by Gasteiger charge is 2.20. The fraction of sp³-hybridized carbons (Fsp3) is 0.250. The molecular weight excluding hydrogens is 412 g/mol. The molecule has 3 aromatic heterocycles. The van der Waals surface area contributed by atoms with Crippen molar-refractivity contribution in [2.75, 3.05) is 38.3 Å². The lowest BCUT2D eigenvalue weighted by atomic mass is 10.1. The minimum Gasteiger partial charge on any atom is -0.493 e. The summed E-state index contributed by atoms with van der Waals surface area (Å²) in [6, 6.07) is 3.89. The first kappa shape index (κ1) is 18.9. The highest BCUT2D eigenvalue weighted by Crippen LogP contribution is 2.38. The molecule has 1 aliphatic heterocycles. The molecule has 4 aromatic rings. The van der Waals surface area contributed by atoms with Gasteiger partial charge in [0.25, 0.3) is 0 Å². The molecule has 154 valence electrons. The third-order valence-corrected chi connectivity index (χ3v) is 6.06. The fourth-order valence-electron chi connectivity index (χ4n) is 3.49. The Bertz CT molecular complexity index is 1220. The van der Waals surface area contributed by atoms with Gasteiger partial charge in [-0.25, -0.2) is 18.7 Å².